The molecule has 0 spiro atoms. The minimum atomic E-state index is 0.348. The number of benzene rings is 1. The average Bonchev–Trinajstić information content (AvgIpc) is 2.74. The van der Waals surface area contributed by atoms with Crippen molar-refractivity contribution in [2.24, 2.45) is 10.9 Å². The molecule has 0 saturated carbocycles. The van der Waals surface area contributed by atoms with Gasteiger partial charge < -0.3 is 15.5 Å². The summed E-state index contributed by atoms with van der Waals surface area (Å²) in [7, 11) is 1.87. The van der Waals surface area contributed by atoms with E-state index in [2.05, 4.69) is 83.5 Å². The average molecular weight is 388 g/mol. The van der Waals surface area contributed by atoms with Gasteiger partial charge in [0.25, 0.3) is 0 Å². The Labute approximate surface area is 172 Å². The van der Waals surface area contributed by atoms with E-state index in [1.54, 1.807) is 0 Å². The van der Waals surface area contributed by atoms with Crippen molar-refractivity contribution in [1.82, 2.24) is 20.4 Å². The van der Waals surface area contributed by atoms with E-state index in [4.69, 9.17) is 0 Å². The van der Waals surface area contributed by atoms with Crippen LogP contribution in [0.25, 0.3) is 0 Å². The molecule has 1 saturated heterocycles. The van der Waals surface area contributed by atoms with Gasteiger partial charge in [0.15, 0.2) is 5.96 Å². The van der Waals surface area contributed by atoms with E-state index in [0.717, 1.165) is 32.1 Å². The fraction of sp³-hybridized carbons (Fsp3) is 0.696. The molecule has 1 aliphatic heterocycles. The van der Waals surface area contributed by atoms with Gasteiger partial charge in [-0.25, -0.2) is 0 Å². The molecule has 0 amide bonds. The molecule has 2 rings (SSSR count). The number of hydrogen-bond donors (Lipinski definition) is 2. The largest absolute Gasteiger partial charge is 0.356 e. The lowest BCUT2D eigenvalue weighted by molar-refractivity contribution is 0.141. The molecule has 1 heterocycles. The lowest BCUT2D eigenvalue weighted by Crippen LogP contribution is -2.47. The number of hydrogen-bond acceptors (Lipinski definition) is 3. The quantitative estimate of drug-likeness (QED) is 0.504. The number of piperidine rings is 1. The van der Waals surface area contributed by atoms with Crippen molar-refractivity contribution in [2.75, 3.05) is 46.3 Å². The maximum atomic E-state index is 4.47. The Morgan fingerprint density at radius 3 is 2.50 bits per heavy atom. The SMILES string of the molecule is CCN(CC)C(CNC(=NC)NCC1CCCN(C(C)C)C1)c1ccccc1. The van der Waals surface area contributed by atoms with Gasteiger partial charge in [0.05, 0.1) is 6.04 Å². The molecule has 0 bridgehead atoms. The van der Waals surface area contributed by atoms with Crippen LogP contribution in [0.2, 0.25) is 0 Å². The molecule has 1 fully saturated rings. The molecule has 0 aliphatic carbocycles. The summed E-state index contributed by atoms with van der Waals surface area (Å²) in [6, 6.07) is 11.8. The Bertz CT molecular complexity index is 568. The number of nitrogens with zero attached hydrogens (tertiary/aromatic N) is 3. The van der Waals surface area contributed by atoms with Crippen LogP contribution >= 0.6 is 0 Å². The van der Waals surface area contributed by atoms with Crippen LogP contribution < -0.4 is 10.6 Å². The van der Waals surface area contributed by atoms with Gasteiger partial charge in [-0.05, 0) is 57.8 Å². The summed E-state index contributed by atoms with van der Waals surface area (Å²) in [6.45, 7) is 15.4. The van der Waals surface area contributed by atoms with E-state index in [9.17, 15) is 0 Å². The smallest absolute Gasteiger partial charge is 0.191 e. The third-order valence-electron chi connectivity index (χ3n) is 5.96. The topological polar surface area (TPSA) is 42.9 Å². The van der Waals surface area contributed by atoms with E-state index in [0.29, 0.717) is 18.0 Å². The number of aliphatic imine (C=N–C) groups is 1. The first-order valence-corrected chi connectivity index (χ1v) is 11.1. The van der Waals surface area contributed by atoms with Gasteiger partial charge in [-0.15, -0.1) is 0 Å². The third kappa shape index (κ3) is 6.78. The van der Waals surface area contributed by atoms with Crippen molar-refractivity contribution >= 4 is 5.96 Å². The van der Waals surface area contributed by atoms with E-state index in [-0.39, 0.29) is 0 Å². The maximum absolute atomic E-state index is 4.47. The summed E-state index contributed by atoms with van der Waals surface area (Å²) < 4.78 is 0. The second kappa shape index (κ2) is 12.1. The highest BCUT2D eigenvalue weighted by atomic mass is 15.2. The lowest BCUT2D eigenvalue weighted by atomic mass is 9.97. The Morgan fingerprint density at radius 1 is 1.18 bits per heavy atom. The van der Waals surface area contributed by atoms with Gasteiger partial charge in [-0.3, -0.25) is 9.89 Å². The zero-order chi connectivity index (χ0) is 20.4. The molecule has 0 aromatic heterocycles. The molecule has 2 N–H and O–H groups in total. The van der Waals surface area contributed by atoms with Crippen molar-refractivity contribution in [1.29, 1.82) is 0 Å². The van der Waals surface area contributed by atoms with Crippen LogP contribution in [0, 0.1) is 5.92 Å². The van der Waals surface area contributed by atoms with Crippen molar-refractivity contribution in [2.45, 2.75) is 52.6 Å². The van der Waals surface area contributed by atoms with Crippen LogP contribution in [-0.2, 0) is 0 Å². The second-order valence-electron chi connectivity index (χ2n) is 8.08. The lowest BCUT2D eigenvalue weighted by Gasteiger charge is -2.35. The Balaban J connectivity index is 1.90. The van der Waals surface area contributed by atoms with Gasteiger partial charge in [0.2, 0.25) is 0 Å². The molecule has 5 nitrogen and oxygen atoms in total. The Hall–Kier alpha value is -1.59. The summed E-state index contributed by atoms with van der Waals surface area (Å²) in [5, 5.41) is 7.15. The molecule has 28 heavy (non-hydrogen) atoms. The summed E-state index contributed by atoms with van der Waals surface area (Å²) in [4.78, 5) is 9.56. The summed E-state index contributed by atoms with van der Waals surface area (Å²) in [5.41, 5.74) is 1.36. The van der Waals surface area contributed by atoms with Crippen LogP contribution in [0.15, 0.2) is 35.3 Å². The first-order chi connectivity index (χ1) is 13.6. The van der Waals surface area contributed by atoms with Gasteiger partial charge in [-0.1, -0.05) is 44.2 Å². The third-order valence-corrected chi connectivity index (χ3v) is 5.96. The summed E-state index contributed by atoms with van der Waals surface area (Å²) in [5.74, 6) is 1.61. The van der Waals surface area contributed by atoms with Crippen molar-refractivity contribution < 1.29 is 0 Å². The van der Waals surface area contributed by atoms with Crippen LogP contribution in [0.3, 0.4) is 0 Å². The van der Waals surface area contributed by atoms with Gasteiger partial charge in [-0.2, -0.15) is 0 Å². The highest BCUT2D eigenvalue weighted by molar-refractivity contribution is 5.79. The Morgan fingerprint density at radius 2 is 1.89 bits per heavy atom. The zero-order valence-corrected chi connectivity index (χ0v) is 18.6. The van der Waals surface area contributed by atoms with Crippen molar-refractivity contribution in [3.8, 4) is 0 Å². The fourth-order valence-corrected chi connectivity index (χ4v) is 4.19. The molecule has 2 unspecified atom stereocenters. The number of nitrogens with one attached hydrogen (secondary N) is 2. The van der Waals surface area contributed by atoms with E-state index in [1.807, 2.05) is 7.05 Å². The zero-order valence-electron chi connectivity index (χ0n) is 18.6. The highest BCUT2D eigenvalue weighted by Gasteiger charge is 2.22. The molecular weight excluding hydrogens is 346 g/mol. The number of rotatable bonds is 9. The number of likely N-dealkylation sites (tertiary alicyclic amines) is 1. The molecule has 1 aromatic rings. The summed E-state index contributed by atoms with van der Waals surface area (Å²) >= 11 is 0. The molecule has 2 atom stereocenters. The Kier molecular flexibility index (Phi) is 9.79. The molecular formula is C23H41N5. The monoisotopic (exact) mass is 387 g/mol. The van der Waals surface area contributed by atoms with Crippen LogP contribution in [0.1, 0.15) is 52.1 Å². The van der Waals surface area contributed by atoms with Gasteiger partial charge in [0, 0.05) is 32.7 Å². The minimum Gasteiger partial charge on any atom is -0.356 e. The van der Waals surface area contributed by atoms with Gasteiger partial charge in [0.1, 0.15) is 0 Å². The van der Waals surface area contributed by atoms with Gasteiger partial charge >= 0.3 is 0 Å². The van der Waals surface area contributed by atoms with Crippen molar-refractivity contribution in [3.05, 3.63) is 35.9 Å². The molecule has 158 valence electrons. The van der Waals surface area contributed by atoms with Crippen LogP contribution in [0.4, 0.5) is 0 Å². The van der Waals surface area contributed by atoms with Crippen molar-refractivity contribution in [3.63, 3.8) is 0 Å². The first-order valence-electron chi connectivity index (χ1n) is 11.1. The molecule has 1 aromatic carbocycles. The number of guanidine groups is 1. The highest BCUT2D eigenvalue weighted by Crippen LogP contribution is 2.20. The normalized spacial score (nSPS) is 19.8. The maximum Gasteiger partial charge on any atom is 0.191 e. The van der Waals surface area contributed by atoms with Crippen LogP contribution in [0.5, 0.6) is 0 Å². The molecule has 5 heteroatoms. The van der Waals surface area contributed by atoms with Crippen LogP contribution in [-0.4, -0.2) is 68.1 Å². The summed E-state index contributed by atoms with van der Waals surface area (Å²) in [6.07, 6.45) is 2.61. The molecule has 0 radical (unpaired) electrons. The number of likely N-dealkylation sites (N-methyl/N-ethyl adjacent to an activating group) is 1. The predicted octanol–water partition coefficient (Wildman–Crippen LogP) is 3.35. The molecule has 1 aliphatic rings. The standard InChI is InChI=1S/C23H41N5/c1-6-27(7-2)22(21-13-9-8-10-14-21)17-26-23(24-5)25-16-20-12-11-15-28(18-20)19(3)4/h8-10,13-14,19-20,22H,6-7,11-12,15-18H2,1-5H3,(H2,24,25,26). The second-order valence-corrected chi connectivity index (χ2v) is 8.08. The predicted molar refractivity (Wildman–Crippen MR) is 121 cm³/mol. The van der Waals surface area contributed by atoms with E-state index < -0.39 is 0 Å². The van der Waals surface area contributed by atoms with E-state index in [1.165, 1.54) is 31.5 Å². The minimum absolute atomic E-state index is 0.348. The van der Waals surface area contributed by atoms with E-state index >= 15 is 0 Å². The first kappa shape index (κ1) is 22.7. The fourth-order valence-electron chi connectivity index (χ4n) is 4.19.